The van der Waals surface area contributed by atoms with Gasteiger partial charge in [0.15, 0.2) is 5.78 Å². The van der Waals surface area contributed by atoms with Crippen LogP contribution in [0.1, 0.15) is 36.4 Å². The zero-order valence-electron chi connectivity index (χ0n) is 9.62. The SMILES string of the molecule is CC1(C)CCCN1CC(=O)c1ccc(Br)s1. The van der Waals surface area contributed by atoms with Gasteiger partial charge in [0.25, 0.3) is 0 Å². The van der Waals surface area contributed by atoms with Crippen LogP contribution in [0.4, 0.5) is 0 Å². The number of carbonyl (C=O) groups is 1. The molecule has 16 heavy (non-hydrogen) atoms. The highest BCUT2D eigenvalue weighted by molar-refractivity contribution is 9.11. The number of rotatable bonds is 3. The van der Waals surface area contributed by atoms with E-state index in [1.165, 1.54) is 24.2 Å². The molecule has 2 nitrogen and oxygen atoms in total. The van der Waals surface area contributed by atoms with Crippen molar-refractivity contribution in [2.24, 2.45) is 0 Å². The molecule has 4 heteroatoms. The van der Waals surface area contributed by atoms with Crippen LogP contribution in [0.5, 0.6) is 0 Å². The van der Waals surface area contributed by atoms with E-state index in [0.717, 1.165) is 15.2 Å². The summed E-state index contributed by atoms with van der Waals surface area (Å²) in [6, 6.07) is 3.84. The molecule has 0 aromatic carbocycles. The van der Waals surface area contributed by atoms with Gasteiger partial charge in [0.2, 0.25) is 0 Å². The van der Waals surface area contributed by atoms with Crippen molar-refractivity contribution in [3.63, 3.8) is 0 Å². The average molecular weight is 302 g/mol. The van der Waals surface area contributed by atoms with E-state index in [4.69, 9.17) is 0 Å². The molecule has 1 aromatic rings. The van der Waals surface area contributed by atoms with Gasteiger partial charge in [-0.2, -0.15) is 0 Å². The smallest absolute Gasteiger partial charge is 0.186 e. The van der Waals surface area contributed by atoms with Crippen LogP contribution in [-0.2, 0) is 0 Å². The van der Waals surface area contributed by atoms with E-state index >= 15 is 0 Å². The molecular weight excluding hydrogens is 286 g/mol. The molecule has 2 rings (SSSR count). The van der Waals surface area contributed by atoms with E-state index in [-0.39, 0.29) is 11.3 Å². The Bertz CT molecular complexity index is 399. The summed E-state index contributed by atoms with van der Waals surface area (Å²) in [4.78, 5) is 15.2. The van der Waals surface area contributed by atoms with Crippen LogP contribution in [0.15, 0.2) is 15.9 Å². The normalized spacial score (nSPS) is 20.2. The van der Waals surface area contributed by atoms with Crippen molar-refractivity contribution in [2.45, 2.75) is 32.2 Å². The molecule has 0 bridgehead atoms. The molecule has 0 spiro atoms. The van der Waals surface area contributed by atoms with E-state index in [1.54, 1.807) is 0 Å². The van der Waals surface area contributed by atoms with Gasteiger partial charge < -0.3 is 0 Å². The molecule has 0 radical (unpaired) electrons. The van der Waals surface area contributed by atoms with Gasteiger partial charge in [-0.3, -0.25) is 9.69 Å². The summed E-state index contributed by atoms with van der Waals surface area (Å²) in [5.41, 5.74) is 0.185. The van der Waals surface area contributed by atoms with E-state index in [9.17, 15) is 4.79 Å². The molecule has 1 aliphatic rings. The number of ketones is 1. The first-order chi connectivity index (χ1) is 7.49. The van der Waals surface area contributed by atoms with Crippen LogP contribution in [0.3, 0.4) is 0 Å². The minimum Gasteiger partial charge on any atom is -0.292 e. The molecule has 1 saturated heterocycles. The van der Waals surface area contributed by atoms with Crippen molar-refractivity contribution in [2.75, 3.05) is 13.1 Å². The second-order valence-corrected chi connectivity index (χ2v) is 7.33. The van der Waals surface area contributed by atoms with Crippen LogP contribution in [0.25, 0.3) is 0 Å². The molecule has 0 atom stereocenters. The second-order valence-electron chi connectivity index (χ2n) is 4.86. The fourth-order valence-corrected chi connectivity index (χ4v) is 3.49. The third-order valence-electron chi connectivity index (χ3n) is 3.26. The van der Waals surface area contributed by atoms with Gasteiger partial charge >= 0.3 is 0 Å². The van der Waals surface area contributed by atoms with E-state index in [0.29, 0.717) is 6.54 Å². The molecule has 0 aliphatic carbocycles. The van der Waals surface area contributed by atoms with Gasteiger partial charge in [0, 0.05) is 5.54 Å². The number of halogens is 1. The Kier molecular flexibility index (Phi) is 3.52. The van der Waals surface area contributed by atoms with Crippen LogP contribution < -0.4 is 0 Å². The standard InChI is InChI=1S/C12H16BrNOS/c1-12(2)6-3-7-14(12)8-9(15)10-4-5-11(13)16-10/h4-5H,3,6-8H2,1-2H3. The third-order valence-corrected chi connectivity index (χ3v) is 4.92. The molecule has 0 saturated carbocycles. The molecule has 1 fully saturated rings. The summed E-state index contributed by atoms with van der Waals surface area (Å²) in [6.07, 6.45) is 2.39. The lowest BCUT2D eigenvalue weighted by Crippen LogP contribution is -2.41. The van der Waals surface area contributed by atoms with Gasteiger partial charge in [-0.15, -0.1) is 11.3 Å². The number of hydrogen-bond donors (Lipinski definition) is 0. The maximum Gasteiger partial charge on any atom is 0.186 e. The summed E-state index contributed by atoms with van der Waals surface area (Å²) >= 11 is 4.91. The van der Waals surface area contributed by atoms with Crippen LogP contribution >= 0.6 is 27.3 Å². The summed E-state index contributed by atoms with van der Waals surface area (Å²) in [6.45, 7) is 6.04. The number of thiophene rings is 1. The molecule has 1 aromatic heterocycles. The average Bonchev–Trinajstić information content (AvgIpc) is 2.74. The van der Waals surface area contributed by atoms with E-state index < -0.39 is 0 Å². The van der Waals surface area contributed by atoms with Crippen LogP contribution in [0, 0.1) is 0 Å². The summed E-state index contributed by atoms with van der Waals surface area (Å²) in [5.74, 6) is 0.241. The van der Waals surface area contributed by atoms with Gasteiger partial charge in [-0.1, -0.05) is 0 Å². The Morgan fingerprint density at radius 3 is 2.81 bits per heavy atom. The zero-order chi connectivity index (χ0) is 11.8. The first-order valence-electron chi connectivity index (χ1n) is 5.53. The molecule has 0 unspecified atom stereocenters. The maximum absolute atomic E-state index is 12.0. The lowest BCUT2D eigenvalue weighted by atomic mass is 10.0. The summed E-state index contributed by atoms with van der Waals surface area (Å²) in [5, 5.41) is 0. The van der Waals surface area contributed by atoms with Gasteiger partial charge in [-0.25, -0.2) is 0 Å². The number of nitrogens with zero attached hydrogens (tertiary/aromatic N) is 1. The van der Waals surface area contributed by atoms with E-state index in [2.05, 4.69) is 34.7 Å². The summed E-state index contributed by atoms with van der Waals surface area (Å²) < 4.78 is 1.02. The van der Waals surface area contributed by atoms with Crippen LogP contribution in [0.2, 0.25) is 0 Å². The molecule has 1 aliphatic heterocycles. The predicted octanol–water partition coefficient (Wildman–Crippen LogP) is 3.57. The van der Waals surface area contributed by atoms with Gasteiger partial charge in [-0.05, 0) is 61.3 Å². The van der Waals surface area contributed by atoms with Crippen molar-refractivity contribution < 1.29 is 4.79 Å². The second kappa shape index (κ2) is 4.59. The maximum atomic E-state index is 12.0. The van der Waals surface area contributed by atoms with Crippen molar-refractivity contribution >= 4 is 33.0 Å². The highest BCUT2D eigenvalue weighted by Gasteiger charge is 2.33. The minimum absolute atomic E-state index is 0.185. The Balaban J connectivity index is 2.03. The lowest BCUT2D eigenvalue weighted by molar-refractivity contribution is 0.0875. The summed E-state index contributed by atoms with van der Waals surface area (Å²) in [7, 11) is 0. The number of likely N-dealkylation sites (tertiary alicyclic amines) is 1. The van der Waals surface area contributed by atoms with E-state index in [1.807, 2.05) is 12.1 Å². The monoisotopic (exact) mass is 301 g/mol. The van der Waals surface area contributed by atoms with Crippen molar-refractivity contribution in [1.29, 1.82) is 0 Å². The quantitative estimate of drug-likeness (QED) is 0.796. The first-order valence-corrected chi connectivity index (χ1v) is 7.13. The number of Topliss-reactive ketones (excluding diaryl/α,β-unsaturated/α-hetero) is 1. The van der Waals surface area contributed by atoms with Gasteiger partial charge in [0.05, 0.1) is 15.2 Å². The topological polar surface area (TPSA) is 20.3 Å². The molecule has 0 amide bonds. The fraction of sp³-hybridized carbons (Fsp3) is 0.583. The molecule has 2 heterocycles. The fourth-order valence-electron chi connectivity index (χ4n) is 2.17. The highest BCUT2D eigenvalue weighted by atomic mass is 79.9. The Labute approximate surface area is 109 Å². The highest BCUT2D eigenvalue weighted by Crippen LogP contribution is 2.29. The zero-order valence-corrected chi connectivity index (χ0v) is 12.0. The van der Waals surface area contributed by atoms with Crippen molar-refractivity contribution in [3.05, 3.63) is 20.8 Å². The molecule has 88 valence electrons. The largest absolute Gasteiger partial charge is 0.292 e. The Morgan fingerprint density at radius 1 is 1.56 bits per heavy atom. The predicted molar refractivity (Wildman–Crippen MR) is 71.2 cm³/mol. The number of carbonyl (C=O) groups excluding carboxylic acids is 1. The minimum atomic E-state index is 0.185. The number of hydrogen-bond acceptors (Lipinski definition) is 3. The Morgan fingerprint density at radius 2 is 2.31 bits per heavy atom. The molecule has 0 N–H and O–H groups in total. The molecular formula is C12H16BrNOS. The first kappa shape index (κ1) is 12.3. The van der Waals surface area contributed by atoms with Crippen molar-refractivity contribution in [1.82, 2.24) is 4.90 Å². The van der Waals surface area contributed by atoms with Crippen molar-refractivity contribution in [3.8, 4) is 0 Å². The lowest BCUT2D eigenvalue weighted by Gasteiger charge is -2.30. The van der Waals surface area contributed by atoms with Gasteiger partial charge in [0.1, 0.15) is 0 Å². The Hall–Kier alpha value is -0.190. The third kappa shape index (κ3) is 2.55. The van der Waals surface area contributed by atoms with Crippen LogP contribution in [-0.4, -0.2) is 29.3 Å².